The Hall–Kier alpha value is -3.24. The first-order valence-electron chi connectivity index (χ1n) is 9.42. The van der Waals surface area contributed by atoms with E-state index in [9.17, 15) is 0 Å². The molecular formula is C24H25N3O. The number of pyridine rings is 1. The zero-order chi connectivity index (χ0) is 19.6. The van der Waals surface area contributed by atoms with Crippen LogP contribution in [0.3, 0.4) is 0 Å². The maximum Gasteiger partial charge on any atom is 0.108 e. The molecular weight excluding hydrogens is 346 g/mol. The molecule has 2 aromatic carbocycles. The maximum atomic E-state index is 8.96. The Labute approximate surface area is 165 Å². The summed E-state index contributed by atoms with van der Waals surface area (Å²) in [6.45, 7) is 3.87. The molecule has 0 aliphatic heterocycles. The average Bonchev–Trinajstić information content (AvgIpc) is 3.11. The average molecular weight is 371 g/mol. The van der Waals surface area contributed by atoms with Crippen molar-refractivity contribution in [2.75, 3.05) is 6.61 Å². The van der Waals surface area contributed by atoms with E-state index >= 15 is 0 Å². The highest BCUT2D eigenvalue weighted by atomic mass is 16.3. The zero-order valence-corrected chi connectivity index (χ0v) is 15.9. The largest absolute Gasteiger partial charge is 0.396 e. The number of rotatable bonds is 6. The van der Waals surface area contributed by atoms with Gasteiger partial charge in [-0.3, -0.25) is 4.98 Å². The Morgan fingerprint density at radius 3 is 2.46 bits per heavy atom. The van der Waals surface area contributed by atoms with Crippen molar-refractivity contribution < 1.29 is 5.11 Å². The van der Waals surface area contributed by atoms with Crippen molar-refractivity contribution >= 4 is 10.9 Å². The molecule has 2 N–H and O–H groups in total. The van der Waals surface area contributed by atoms with Gasteiger partial charge in [0.1, 0.15) is 5.82 Å². The van der Waals surface area contributed by atoms with Crippen LogP contribution in [0.15, 0.2) is 85.6 Å². The van der Waals surface area contributed by atoms with Crippen molar-refractivity contribution in [1.82, 2.24) is 15.0 Å². The second-order valence-corrected chi connectivity index (χ2v) is 6.43. The number of aliphatic hydroxyl groups excluding tert-OH is 1. The fourth-order valence-electron chi connectivity index (χ4n) is 3.00. The molecule has 0 aliphatic rings. The summed E-state index contributed by atoms with van der Waals surface area (Å²) in [6.07, 6.45) is 5.82. The normalized spacial score (nSPS) is 10.3. The lowest BCUT2D eigenvalue weighted by Crippen LogP contribution is -1.94. The third-order valence-corrected chi connectivity index (χ3v) is 4.34. The fraction of sp³-hybridized carbons (Fsp3) is 0.167. The lowest BCUT2D eigenvalue weighted by Gasteiger charge is -2.01. The number of hydrogen-bond acceptors (Lipinski definition) is 3. The number of nitrogens with one attached hydrogen (secondary N) is 1. The molecule has 2 aromatic heterocycles. The number of hydrogen-bond donors (Lipinski definition) is 2. The lowest BCUT2D eigenvalue weighted by molar-refractivity contribution is 0.297. The minimum absolute atomic E-state index is 0.117. The third kappa shape index (κ3) is 5.38. The van der Waals surface area contributed by atoms with Crippen molar-refractivity contribution in [3.8, 4) is 0 Å². The molecule has 0 unspecified atom stereocenters. The van der Waals surface area contributed by atoms with Gasteiger partial charge in [0.2, 0.25) is 0 Å². The van der Waals surface area contributed by atoms with Gasteiger partial charge in [0.05, 0.1) is 17.8 Å². The zero-order valence-electron chi connectivity index (χ0n) is 15.9. The summed E-state index contributed by atoms with van der Waals surface area (Å²) in [5.41, 5.74) is 4.45. The summed E-state index contributed by atoms with van der Waals surface area (Å²) in [5, 5.41) is 10.2. The quantitative estimate of drug-likeness (QED) is 0.491. The van der Waals surface area contributed by atoms with Crippen LogP contribution in [0.2, 0.25) is 0 Å². The summed E-state index contributed by atoms with van der Waals surface area (Å²) in [6, 6.07) is 22.4. The molecule has 0 spiro atoms. The summed E-state index contributed by atoms with van der Waals surface area (Å²) < 4.78 is 0. The molecule has 0 radical (unpaired) electrons. The molecule has 0 fully saturated rings. The van der Waals surface area contributed by atoms with Crippen LogP contribution in [-0.4, -0.2) is 26.7 Å². The fourth-order valence-corrected chi connectivity index (χ4v) is 3.00. The van der Waals surface area contributed by atoms with Crippen LogP contribution in [0.4, 0.5) is 0 Å². The molecule has 0 amide bonds. The Kier molecular flexibility index (Phi) is 7.10. The lowest BCUT2D eigenvalue weighted by atomic mass is 10.1. The van der Waals surface area contributed by atoms with E-state index in [1.807, 2.05) is 54.7 Å². The van der Waals surface area contributed by atoms with Gasteiger partial charge in [0, 0.05) is 36.5 Å². The highest BCUT2D eigenvalue weighted by molar-refractivity contribution is 5.77. The predicted molar refractivity (Wildman–Crippen MR) is 114 cm³/mol. The number of nitrogens with zero attached hydrogens (tertiary/aromatic N) is 2. The van der Waals surface area contributed by atoms with Crippen molar-refractivity contribution in [3.05, 3.63) is 108 Å². The van der Waals surface area contributed by atoms with Crippen LogP contribution in [0.1, 0.15) is 22.8 Å². The molecule has 0 aliphatic carbocycles. The van der Waals surface area contributed by atoms with Gasteiger partial charge in [0.15, 0.2) is 0 Å². The van der Waals surface area contributed by atoms with Crippen molar-refractivity contribution in [3.63, 3.8) is 0 Å². The van der Waals surface area contributed by atoms with Gasteiger partial charge >= 0.3 is 0 Å². The standard InChI is InChI=1S/C15H18N2O.C9H7N/c1-2-6-13-14(17-15(16-13)9-10-18)11-12-7-4-3-5-8-12;1-2-6-9-8(4-1)5-3-7-10-9/h2-5,7-8,18H,1,6,9-11H2,(H,16,17);1-7H. The van der Waals surface area contributed by atoms with Crippen molar-refractivity contribution in [2.24, 2.45) is 0 Å². The maximum absolute atomic E-state index is 8.96. The highest BCUT2D eigenvalue weighted by Crippen LogP contribution is 2.14. The summed E-state index contributed by atoms with van der Waals surface area (Å²) in [7, 11) is 0. The number of benzene rings is 2. The first kappa shape index (κ1) is 19.5. The first-order valence-corrected chi connectivity index (χ1v) is 9.42. The smallest absolute Gasteiger partial charge is 0.108 e. The topological polar surface area (TPSA) is 61.8 Å². The van der Waals surface area contributed by atoms with E-state index in [1.54, 1.807) is 0 Å². The van der Waals surface area contributed by atoms with E-state index in [-0.39, 0.29) is 6.61 Å². The van der Waals surface area contributed by atoms with Crippen molar-refractivity contribution in [1.29, 1.82) is 0 Å². The number of aliphatic hydroxyl groups is 1. The van der Waals surface area contributed by atoms with Gasteiger partial charge in [-0.2, -0.15) is 0 Å². The Morgan fingerprint density at radius 2 is 1.71 bits per heavy atom. The highest BCUT2D eigenvalue weighted by Gasteiger charge is 2.09. The summed E-state index contributed by atoms with van der Waals surface area (Å²) in [5.74, 6) is 0.847. The van der Waals surface area contributed by atoms with Gasteiger partial charge in [-0.25, -0.2) is 4.98 Å². The van der Waals surface area contributed by atoms with E-state index in [0.717, 1.165) is 35.6 Å². The summed E-state index contributed by atoms with van der Waals surface area (Å²) in [4.78, 5) is 12.0. The van der Waals surface area contributed by atoms with Crippen LogP contribution in [0.5, 0.6) is 0 Å². The summed E-state index contributed by atoms with van der Waals surface area (Å²) >= 11 is 0. The van der Waals surface area contributed by atoms with Crippen LogP contribution in [0.25, 0.3) is 10.9 Å². The van der Waals surface area contributed by atoms with E-state index < -0.39 is 0 Å². The van der Waals surface area contributed by atoms with Gasteiger partial charge in [0.25, 0.3) is 0 Å². The number of para-hydroxylation sites is 1. The van der Waals surface area contributed by atoms with Gasteiger partial charge in [-0.15, -0.1) is 6.58 Å². The van der Waals surface area contributed by atoms with E-state index in [4.69, 9.17) is 5.11 Å². The number of H-pyrrole nitrogens is 1. The van der Waals surface area contributed by atoms with Crippen LogP contribution >= 0.6 is 0 Å². The first-order chi connectivity index (χ1) is 13.8. The number of aromatic nitrogens is 3. The SMILES string of the molecule is C=CCc1nc(CCO)[nH]c1Cc1ccccc1.c1ccc2ncccc2c1. The number of imidazole rings is 1. The molecule has 4 rings (SSSR count). The number of aromatic amines is 1. The van der Waals surface area contributed by atoms with E-state index in [2.05, 4.69) is 45.8 Å². The Morgan fingerprint density at radius 1 is 0.964 bits per heavy atom. The number of allylic oxidation sites excluding steroid dienone is 1. The molecule has 4 aromatic rings. The Bertz CT molecular complexity index is 943. The second kappa shape index (κ2) is 10.2. The second-order valence-electron chi connectivity index (χ2n) is 6.43. The predicted octanol–water partition coefficient (Wildman–Crippen LogP) is 4.50. The van der Waals surface area contributed by atoms with Crippen molar-refractivity contribution in [2.45, 2.75) is 19.3 Å². The molecule has 0 atom stereocenters. The molecule has 28 heavy (non-hydrogen) atoms. The Balaban J connectivity index is 0.000000188. The number of fused-ring (bicyclic) bond motifs is 1. The third-order valence-electron chi connectivity index (χ3n) is 4.34. The molecule has 142 valence electrons. The van der Waals surface area contributed by atoms with Crippen LogP contribution in [0, 0.1) is 0 Å². The van der Waals surface area contributed by atoms with Gasteiger partial charge in [-0.1, -0.05) is 60.7 Å². The van der Waals surface area contributed by atoms with E-state index in [0.29, 0.717) is 6.42 Å². The molecule has 0 bridgehead atoms. The van der Waals surface area contributed by atoms with E-state index in [1.165, 1.54) is 10.9 Å². The molecule has 0 saturated heterocycles. The van der Waals surface area contributed by atoms with Crippen LogP contribution < -0.4 is 0 Å². The molecule has 4 heteroatoms. The molecule has 2 heterocycles. The van der Waals surface area contributed by atoms with Gasteiger partial charge < -0.3 is 10.1 Å². The van der Waals surface area contributed by atoms with Crippen LogP contribution in [-0.2, 0) is 19.3 Å². The minimum atomic E-state index is 0.117. The van der Waals surface area contributed by atoms with Gasteiger partial charge in [-0.05, 0) is 17.7 Å². The minimum Gasteiger partial charge on any atom is -0.396 e. The monoisotopic (exact) mass is 371 g/mol. The molecule has 4 nitrogen and oxygen atoms in total. The molecule has 0 saturated carbocycles.